The number of halogens is 9. The van der Waals surface area contributed by atoms with Crippen LogP contribution in [0.4, 0.5) is 39.5 Å². The second-order valence-electron chi connectivity index (χ2n) is 4.25. The van der Waals surface area contributed by atoms with Gasteiger partial charge in [0, 0.05) is 0 Å². The van der Waals surface area contributed by atoms with E-state index in [4.69, 9.17) is 0 Å². The number of para-hydroxylation sites is 1. The maximum Gasteiger partial charge on any atom is 0.491 e. The van der Waals surface area contributed by atoms with Crippen LogP contribution >= 0.6 is 0 Å². The van der Waals surface area contributed by atoms with E-state index in [2.05, 4.69) is 14.2 Å². The molecule has 27 heavy (non-hydrogen) atoms. The van der Waals surface area contributed by atoms with Crippen molar-refractivity contribution < 1.29 is 68.1 Å². The second-order valence-corrected chi connectivity index (χ2v) is 4.25. The van der Waals surface area contributed by atoms with Crippen LogP contribution in [0.1, 0.15) is 0 Å². The summed E-state index contributed by atoms with van der Waals surface area (Å²) in [6.07, 6.45) is -17.1. The van der Waals surface area contributed by atoms with Gasteiger partial charge in [-0.05, 0) is 12.1 Å². The molecule has 0 spiro atoms. The first-order chi connectivity index (χ1) is 12.0. The van der Waals surface area contributed by atoms with Crippen LogP contribution in [0.15, 0.2) is 18.2 Å². The molecule has 6 nitrogen and oxygen atoms in total. The van der Waals surface area contributed by atoms with Gasteiger partial charge in [0.25, 0.3) is 0 Å². The van der Waals surface area contributed by atoms with Gasteiger partial charge in [-0.25, -0.2) is 14.4 Å². The lowest BCUT2D eigenvalue weighted by Crippen LogP contribution is -2.31. The third-order valence-corrected chi connectivity index (χ3v) is 2.24. The topological polar surface area (TPSA) is 78.9 Å². The normalized spacial score (nSPS) is 12.3. The summed E-state index contributed by atoms with van der Waals surface area (Å²) in [6, 6.07) is 1.23. The highest BCUT2D eigenvalue weighted by Crippen LogP contribution is 2.40. The second kappa shape index (κ2) is 7.32. The SMILES string of the molecule is O=C(Oc1cccc(OC(=O)C(F)(F)F)c1OC(=O)C(F)(F)F)C(F)(F)F. The molecule has 0 aliphatic carbocycles. The third-order valence-electron chi connectivity index (χ3n) is 2.24. The highest BCUT2D eigenvalue weighted by molar-refractivity contribution is 5.84. The van der Waals surface area contributed by atoms with E-state index in [1.807, 2.05) is 0 Å². The molecule has 0 aromatic heterocycles. The van der Waals surface area contributed by atoms with Gasteiger partial charge in [-0.3, -0.25) is 0 Å². The number of rotatable bonds is 3. The molecule has 1 aromatic rings. The Labute approximate surface area is 141 Å². The van der Waals surface area contributed by atoms with Gasteiger partial charge in [0.2, 0.25) is 5.75 Å². The van der Waals surface area contributed by atoms with Crippen molar-refractivity contribution in [3.63, 3.8) is 0 Å². The zero-order chi connectivity index (χ0) is 21.2. The van der Waals surface area contributed by atoms with Gasteiger partial charge in [-0.15, -0.1) is 0 Å². The molecule has 0 aliphatic heterocycles. The van der Waals surface area contributed by atoms with Crippen LogP contribution in [0.25, 0.3) is 0 Å². The number of esters is 3. The Balaban J connectivity index is 3.37. The van der Waals surface area contributed by atoms with Crippen molar-refractivity contribution in [1.82, 2.24) is 0 Å². The maximum atomic E-state index is 12.3. The number of carbonyl (C=O) groups excluding carboxylic acids is 3. The number of hydrogen-bond donors (Lipinski definition) is 0. The van der Waals surface area contributed by atoms with Crippen LogP contribution in [-0.2, 0) is 14.4 Å². The van der Waals surface area contributed by atoms with Crippen molar-refractivity contribution >= 4 is 17.9 Å². The van der Waals surface area contributed by atoms with Crippen molar-refractivity contribution in [2.75, 3.05) is 0 Å². The van der Waals surface area contributed by atoms with E-state index in [0.717, 1.165) is 0 Å². The predicted octanol–water partition coefficient (Wildman–Crippen LogP) is 3.09. The molecule has 150 valence electrons. The molecule has 0 radical (unpaired) electrons. The lowest BCUT2D eigenvalue weighted by Gasteiger charge is -2.16. The van der Waals surface area contributed by atoms with E-state index in [1.165, 1.54) is 0 Å². The smallest absolute Gasteiger partial charge is 0.416 e. The molecule has 0 fully saturated rings. The van der Waals surface area contributed by atoms with Crippen LogP contribution in [-0.4, -0.2) is 36.4 Å². The summed E-state index contributed by atoms with van der Waals surface area (Å²) in [6.45, 7) is 0. The standard InChI is InChI=1S/C12H3F9O6/c13-10(14,15)7(22)25-4-2-1-3-5(26-8(23)11(16,17)18)6(4)27-9(24)12(19,20)21/h1-3H. The number of ether oxygens (including phenoxy) is 3. The minimum atomic E-state index is -5.74. The van der Waals surface area contributed by atoms with Gasteiger partial charge in [-0.2, -0.15) is 39.5 Å². The third kappa shape index (κ3) is 6.03. The minimum absolute atomic E-state index is 0.341. The highest BCUT2D eigenvalue weighted by atomic mass is 19.4. The van der Waals surface area contributed by atoms with Crippen molar-refractivity contribution in [2.24, 2.45) is 0 Å². The Morgan fingerprint density at radius 3 is 1.19 bits per heavy atom. The Morgan fingerprint density at radius 1 is 0.593 bits per heavy atom. The Hall–Kier alpha value is -3.00. The Kier molecular flexibility index (Phi) is 5.97. The molecular formula is C12H3F9O6. The molecule has 0 aliphatic rings. The molecule has 0 saturated heterocycles. The summed E-state index contributed by atoms with van der Waals surface area (Å²) in [7, 11) is 0. The van der Waals surface area contributed by atoms with Crippen molar-refractivity contribution in [1.29, 1.82) is 0 Å². The molecule has 1 aromatic carbocycles. The Morgan fingerprint density at radius 2 is 0.889 bits per heavy atom. The fraction of sp³-hybridized carbons (Fsp3) is 0.250. The summed E-state index contributed by atoms with van der Waals surface area (Å²) in [4.78, 5) is 32.4. The first-order valence-corrected chi connectivity index (χ1v) is 6.03. The molecule has 0 N–H and O–H groups in total. The molecule has 1 rings (SSSR count). The van der Waals surface area contributed by atoms with Crippen molar-refractivity contribution in [3.05, 3.63) is 18.2 Å². The van der Waals surface area contributed by atoms with Crippen LogP contribution in [0, 0.1) is 0 Å². The molecule has 0 saturated carbocycles. The number of hydrogen-bond acceptors (Lipinski definition) is 6. The van der Waals surface area contributed by atoms with E-state index in [0.29, 0.717) is 18.2 Å². The number of benzene rings is 1. The van der Waals surface area contributed by atoms with E-state index in [-0.39, 0.29) is 0 Å². The maximum absolute atomic E-state index is 12.3. The predicted molar refractivity (Wildman–Crippen MR) is 61.5 cm³/mol. The average molecular weight is 414 g/mol. The largest absolute Gasteiger partial charge is 0.491 e. The lowest BCUT2D eigenvalue weighted by molar-refractivity contribution is -0.193. The first-order valence-electron chi connectivity index (χ1n) is 6.03. The van der Waals surface area contributed by atoms with Gasteiger partial charge in [0.1, 0.15) is 0 Å². The van der Waals surface area contributed by atoms with Crippen LogP contribution in [0.5, 0.6) is 17.2 Å². The van der Waals surface area contributed by atoms with Crippen molar-refractivity contribution in [2.45, 2.75) is 18.5 Å². The highest BCUT2D eigenvalue weighted by Gasteiger charge is 2.46. The summed E-state index contributed by atoms with van der Waals surface area (Å²) in [5.41, 5.74) is 0. The van der Waals surface area contributed by atoms with Gasteiger partial charge in [0.15, 0.2) is 11.5 Å². The van der Waals surface area contributed by atoms with Gasteiger partial charge in [-0.1, -0.05) is 6.07 Å². The van der Waals surface area contributed by atoms with E-state index >= 15 is 0 Å². The minimum Gasteiger partial charge on any atom is -0.416 e. The van der Waals surface area contributed by atoms with Gasteiger partial charge in [0.05, 0.1) is 0 Å². The quantitative estimate of drug-likeness (QED) is 0.430. The van der Waals surface area contributed by atoms with Crippen molar-refractivity contribution in [3.8, 4) is 17.2 Å². The number of alkyl halides is 9. The molecule has 0 heterocycles. The fourth-order valence-electron chi connectivity index (χ4n) is 1.22. The monoisotopic (exact) mass is 414 g/mol. The molecule has 0 atom stereocenters. The zero-order valence-electron chi connectivity index (χ0n) is 12.1. The first kappa shape index (κ1) is 22.0. The van der Waals surface area contributed by atoms with E-state index in [1.54, 1.807) is 0 Å². The van der Waals surface area contributed by atoms with E-state index < -0.39 is 53.7 Å². The van der Waals surface area contributed by atoms with Crippen LogP contribution < -0.4 is 14.2 Å². The summed E-state index contributed by atoms with van der Waals surface area (Å²) < 4.78 is 121. The van der Waals surface area contributed by atoms with Gasteiger partial charge >= 0.3 is 36.4 Å². The molecule has 0 bridgehead atoms. The summed E-state index contributed by atoms with van der Waals surface area (Å²) in [5, 5.41) is 0. The van der Waals surface area contributed by atoms with E-state index in [9.17, 15) is 53.9 Å². The number of carbonyl (C=O) groups is 3. The van der Waals surface area contributed by atoms with Crippen LogP contribution in [0.3, 0.4) is 0 Å². The summed E-state index contributed by atoms with van der Waals surface area (Å²) >= 11 is 0. The lowest BCUT2D eigenvalue weighted by atomic mass is 10.3. The van der Waals surface area contributed by atoms with Gasteiger partial charge < -0.3 is 14.2 Å². The molecule has 0 amide bonds. The Bertz CT molecular complexity index is 701. The fourth-order valence-corrected chi connectivity index (χ4v) is 1.22. The molecule has 0 unspecified atom stereocenters. The average Bonchev–Trinajstić information content (AvgIpc) is 2.47. The molecule has 15 heteroatoms. The molecular weight excluding hydrogens is 411 g/mol. The van der Waals surface area contributed by atoms with Crippen LogP contribution in [0.2, 0.25) is 0 Å². The zero-order valence-corrected chi connectivity index (χ0v) is 12.1. The summed E-state index contributed by atoms with van der Waals surface area (Å²) in [5.74, 6) is -14.1.